The Morgan fingerprint density at radius 3 is 1.80 bits per heavy atom. The monoisotopic (exact) mass is 218 g/mol. The standard InChI is InChI=1S/C10H22O.C3H8O/c1-5-10(4,11)8-6-7-9(2)3;1-3(2)4/h9,11H,5-8H2,1-4H3;3-4H,1-2H3. The highest BCUT2D eigenvalue weighted by atomic mass is 16.3. The topological polar surface area (TPSA) is 40.5 Å². The van der Waals surface area contributed by atoms with Crippen molar-refractivity contribution in [2.75, 3.05) is 0 Å². The van der Waals surface area contributed by atoms with E-state index in [2.05, 4.69) is 13.8 Å². The Morgan fingerprint density at radius 1 is 1.13 bits per heavy atom. The van der Waals surface area contributed by atoms with E-state index < -0.39 is 5.60 Å². The van der Waals surface area contributed by atoms with Gasteiger partial charge in [-0.3, -0.25) is 0 Å². The zero-order valence-electron chi connectivity index (χ0n) is 11.4. The van der Waals surface area contributed by atoms with Gasteiger partial charge in [-0.05, 0) is 39.5 Å². The first-order chi connectivity index (χ1) is 6.71. The quantitative estimate of drug-likeness (QED) is 0.743. The van der Waals surface area contributed by atoms with Crippen molar-refractivity contribution in [3.63, 3.8) is 0 Å². The van der Waals surface area contributed by atoms with Crippen LogP contribution < -0.4 is 0 Å². The minimum absolute atomic E-state index is 0.167. The molecule has 94 valence electrons. The molecule has 0 aromatic heterocycles. The van der Waals surface area contributed by atoms with Gasteiger partial charge in [0, 0.05) is 6.10 Å². The summed E-state index contributed by atoms with van der Waals surface area (Å²) in [5.74, 6) is 0.766. The predicted molar refractivity (Wildman–Crippen MR) is 67.0 cm³/mol. The van der Waals surface area contributed by atoms with Crippen LogP contribution >= 0.6 is 0 Å². The molecule has 0 radical (unpaired) electrons. The lowest BCUT2D eigenvalue weighted by atomic mass is 9.94. The van der Waals surface area contributed by atoms with Crippen LogP contribution in [0, 0.1) is 5.92 Å². The molecule has 0 heterocycles. The third-order valence-electron chi connectivity index (χ3n) is 2.26. The lowest BCUT2D eigenvalue weighted by molar-refractivity contribution is 0.0435. The number of aliphatic hydroxyl groups is 2. The third-order valence-corrected chi connectivity index (χ3v) is 2.26. The van der Waals surface area contributed by atoms with Gasteiger partial charge in [-0.2, -0.15) is 0 Å². The summed E-state index contributed by atoms with van der Waals surface area (Å²) < 4.78 is 0. The summed E-state index contributed by atoms with van der Waals surface area (Å²) in [6.07, 6.45) is 4.03. The van der Waals surface area contributed by atoms with Crippen LogP contribution in [0.5, 0.6) is 0 Å². The Bertz CT molecular complexity index is 126. The lowest BCUT2D eigenvalue weighted by Gasteiger charge is -2.21. The van der Waals surface area contributed by atoms with Gasteiger partial charge in [-0.25, -0.2) is 0 Å². The molecule has 0 saturated heterocycles. The maximum atomic E-state index is 9.64. The van der Waals surface area contributed by atoms with Crippen LogP contribution in [-0.4, -0.2) is 21.9 Å². The molecule has 0 aliphatic carbocycles. The zero-order valence-corrected chi connectivity index (χ0v) is 11.4. The molecule has 0 amide bonds. The van der Waals surface area contributed by atoms with E-state index in [4.69, 9.17) is 5.11 Å². The fourth-order valence-electron chi connectivity index (χ4n) is 1.07. The molecule has 0 saturated carbocycles. The summed E-state index contributed by atoms with van der Waals surface area (Å²) in [5.41, 5.74) is -0.422. The molecule has 0 aliphatic heterocycles. The van der Waals surface area contributed by atoms with Gasteiger partial charge < -0.3 is 10.2 Å². The molecule has 0 fully saturated rings. The van der Waals surface area contributed by atoms with Gasteiger partial charge in [0.1, 0.15) is 0 Å². The van der Waals surface area contributed by atoms with E-state index in [1.807, 2.05) is 13.8 Å². The summed E-state index contributed by atoms with van der Waals surface area (Å²) in [5, 5.41) is 17.7. The summed E-state index contributed by atoms with van der Waals surface area (Å²) >= 11 is 0. The van der Waals surface area contributed by atoms with Crippen LogP contribution in [0.15, 0.2) is 0 Å². The number of aliphatic hydroxyl groups excluding tert-OH is 1. The minimum Gasteiger partial charge on any atom is -0.394 e. The van der Waals surface area contributed by atoms with Crippen molar-refractivity contribution in [3.8, 4) is 0 Å². The molecule has 2 N–H and O–H groups in total. The molecule has 0 aromatic rings. The van der Waals surface area contributed by atoms with Crippen molar-refractivity contribution in [2.24, 2.45) is 5.92 Å². The summed E-state index contributed by atoms with van der Waals surface area (Å²) in [4.78, 5) is 0. The molecular weight excluding hydrogens is 188 g/mol. The lowest BCUT2D eigenvalue weighted by Crippen LogP contribution is -2.22. The average Bonchev–Trinajstić information content (AvgIpc) is 2.02. The van der Waals surface area contributed by atoms with Crippen molar-refractivity contribution in [2.45, 2.75) is 78.9 Å². The Labute approximate surface area is 95.7 Å². The predicted octanol–water partition coefficient (Wildman–Crippen LogP) is 3.36. The fraction of sp³-hybridized carbons (Fsp3) is 1.00. The Balaban J connectivity index is 0. The zero-order chi connectivity index (χ0) is 12.5. The second-order valence-electron chi connectivity index (χ2n) is 5.23. The number of hydrogen-bond donors (Lipinski definition) is 2. The van der Waals surface area contributed by atoms with Crippen LogP contribution in [0.3, 0.4) is 0 Å². The van der Waals surface area contributed by atoms with Gasteiger partial charge in [-0.15, -0.1) is 0 Å². The largest absolute Gasteiger partial charge is 0.394 e. The first-order valence-corrected chi connectivity index (χ1v) is 6.11. The van der Waals surface area contributed by atoms with Crippen molar-refractivity contribution in [3.05, 3.63) is 0 Å². The first kappa shape index (κ1) is 17.3. The highest BCUT2D eigenvalue weighted by molar-refractivity contribution is 4.69. The summed E-state index contributed by atoms with van der Waals surface area (Å²) in [6.45, 7) is 11.9. The molecule has 0 rings (SSSR count). The Kier molecular flexibility index (Phi) is 10.6. The molecule has 0 aromatic carbocycles. The van der Waals surface area contributed by atoms with Gasteiger partial charge in [0.15, 0.2) is 0 Å². The van der Waals surface area contributed by atoms with Crippen LogP contribution in [0.1, 0.15) is 67.2 Å². The molecule has 1 unspecified atom stereocenters. The van der Waals surface area contributed by atoms with E-state index in [1.54, 1.807) is 13.8 Å². The maximum absolute atomic E-state index is 9.64. The van der Waals surface area contributed by atoms with Crippen LogP contribution in [0.2, 0.25) is 0 Å². The Hall–Kier alpha value is -0.0800. The van der Waals surface area contributed by atoms with E-state index in [9.17, 15) is 5.11 Å². The fourth-order valence-corrected chi connectivity index (χ4v) is 1.07. The summed E-state index contributed by atoms with van der Waals surface area (Å²) in [7, 11) is 0. The van der Waals surface area contributed by atoms with Gasteiger partial charge >= 0.3 is 0 Å². The van der Waals surface area contributed by atoms with Crippen LogP contribution in [-0.2, 0) is 0 Å². The second kappa shape index (κ2) is 9.17. The highest BCUT2D eigenvalue weighted by Crippen LogP contribution is 2.18. The van der Waals surface area contributed by atoms with E-state index >= 15 is 0 Å². The molecule has 0 spiro atoms. The van der Waals surface area contributed by atoms with E-state index in [0.717, 1.165) is 25.2 Å². The van der Waals surface area contributed by atoms with Crippen LogP contribution in [0.4, 0.5) is 0 Å². The SMILES string of the molecule is CC(C)O.CCC(C)(O)CCCC(C)C. The van der Waals surface area contributed by atoms with E-state index in [-0.39, 0.29) is 6.10 Å². The van der Waals surface area contributed by atoms with Gasteiger partial charge in [0.2, 0.25) is 0 Å². The van der Waals surface area contributed by atoms with Crippen molar-refractivity contribution in [1.29, 1.82) is 0 Å². The molecular formula is C13H30O2. The van der Waals surface area contributed by atoms with E-state index in [0.29, 0.717) is 0 Å². The van der Waals surface area contributed by atoms with Crippen LogP contribution in [0.25, 0.3) is 0 Å². The molecule has 1 atom stereocenters. The summed E-state index contributed by atoms with van der Waals surface area (Å²) in [6, 6.07) is 0. The van der Waals surface area contributed by atoms with Gasteiger partial charge in [0.05, 0.1) is 5.60 Å². The molecule has 0 bridgehead atoms. The Morgan fingerprint density at radius 2 is 1.53 bits per heavy atom. The van der Waals surface area contributed by atoms with E-state index in [1.165, 1.54) is 6.42 Å². The molecule has 2 heteroatoms. The smallest absolute Gasteiger partial charge is 0.0617 e. The van der Waals surface area contributed by atoms with Gasteiger partial charge in [0.25, 0.3) is 0 Å². The third kappa shape index (κ3) is 20.1. The van der Waals surface area contributed by atoms with Crippen molar-refractivity contribution in [1.82, 2.24) is 0 Å². The second-order valence-corrected chi connectivity index (χ2v) is 5.23. The molecule has 2 nitrogen and oxygen atoms in total. The van der Waals surface area contributed by atoms with Gasteiger partial charge in [-0.1, -0.05) is 33.6 Å². The maximum Gasteiger partial charge on any atom is 0.0617 e. The van der Waals surface area contributed by atoms with Crippen molar-refractivity contribution < 1.29 is 10.2 Å². The first-order valence-electron chi connectivity index (χ1n) is 6.11. The number of rotatable bonds is 5. The molecule has 0 aliphatic rings. The highest BCUT2D eigenvalue weighted by Gasteiger charge is 2.16. The minimum atomic E-state index is -0.422. The number of hydrogen-bond acceptors (Lipinski definition) is 2. The average molecular weight is 218 g/mol. The molecule has 15 heavy (non-hydrogen) atoms. The van der Waals surface area contributed by atoms with Crippen molar-refractivity contribution >= 4 is 0 Å². The normalized spacial score (nSPS) is 14.8.